The summed E-state index contributed by atoms with van der Waals surface area (Å²) >= 11 is 0. The molecule has 0 amide bonds. The largest absolute Gasteiger partial charge is 0.351 e. The van der Waals surface area contributed by atoms with Gasteiger partial charge in [-0.3, -0.25) is 4.57 Å². The van der Waals surface area contributed by atoms with E-state index in [9.17, 15) is 0 Å². The van der Waals surface area contributed by atoms with Crippen LogP contribution in [0.1, 0.15) is 0 Å². The lowest BCUT2D eigenvalue weighted by atomic mass is 10.3. The number of tetrazole rings is 1. The number of fused-ring (bicyclic) bond motifs is 1. The van der Waals surface area contributed by atoms with Crippen LogP contribution in [0.4, 0.5) is 5.95 Å². The van der Waals surface area contributed by atoms with E-state index in [-0.39, 0.29) is 0 Å². The van der Waals surface area contributed by atoms with Crippen molar-refractivity contribution in [3.8, 4) is 17.5 Å². The normalized spacial score (nSPS) is 10.8. The standard InChI is InChI=1S/C15H13N9/c1-2-8-16-15-17-9-7-12(19-15)24-11-6-4-3-5-10(11)18-14(24)13-20-22-23-21-13/h2-7,9H,1,8H2,(H,16,17,19)(H,20,21,22,23). The topological polar surface area (TPSA) is 110 Å². The second-order valence-corrected chi connectivity index (χ2v) is 4.90. The van der Waals surface area contributed by atoms with E-state index >= 15 is 0 Å². The van der Waals surface area contributed by atoms with E-state index < -0.39 is 0 Å². The molecule has 1 aromatic carbocycles. The van der Waals surface area contributed by atoms with Crippen LogP contribution in [-0.4, -0.2) is 46.7 Å². The third-order valence-corrected chi connectivity index (χ3v) is 3.38. The van der Waals surface area contributed by atoms with Gasteiger partial charge in [0.2, 0.25) is 11.8 Å². The summed E-state index contributed by atoms with van der Waals surface area (Å²) in [7, 11) is 0. The van der Waals surface area contributed by atoms with Crippen LogP contribution in [0.15, 0.2) is 49.2 Å². The molecule has 0 bridgehead atoms. The number of aromatic nitrogens is 8. The summed E-state index contributed by atoms with van der Waals surface area (Å²) in [5.41, 5.74) is 1.71. The van der Waals surface area contributed by atoms with Gasteiger partial charge >= 0.3 is 0 Å². The molecule has 4 aromatic rings. The molecule has 24 heavy (non-hydrogen) atoms. The summed E-state index contributed by atoms with van der Waals surface area (Å²) in [6, 6.07) is 9.56. The Morgan fingerprint density at radius 1 is 1.21 bits per heavy atom. The van der Waals surface area contributed by atoms with Crippen molar-refractivity contribution in [3.05, 3.63) is 49.2 Å². The second-order valence-electron chi connectivity index (χ2n) is 4.90. The highest BCUT2D eigenvalue weighted by Crippen LogP contribution is 2.25. The van der Waals surface area contributed by atoms with Crippen LogP contribution >= 0.6 is 0 Å². The van der Waals surface area contributed by atoms with E-state index in [1.165, 1.54) is 0 Å². The average molecular weight is 319 g/mol. The number of nitrogens with zero attached hydrogens (tertiary/aromatic N) is 7. The molecule has 0 spiro atoms. The summed E-state index contributed by atoms with van der Waals surface area (Å²) in [5, 5.41) is 17.2. The van der Waals surface area contributed by atoms with E-state index in [0.29, 0.717) is 30.0 Å². The van der Waals surface area contributed by atoms with Gasteiger partial charge in [0.15, 0.2) is 5.82 Å². The Morgan fingerprint density at radius 2 is 2.12 bits per heavy atom. The number of hydrogen-bond acceptors (Lipinski definition) is 7. The van der Waals surface area contributed by atoms with Gasteiger partial charge in [-0.05, 0) is 23.4 Å². The molecule has 3 heterocycles. The number of aromatic amines is 1. The van der Waals surface area contributed by atoms with Crippen molar-refractivity contribution in [2.45, 2.75) is 0 Å². The van der Waals surface area contributed by atoms with Crippen molar-refractivity contribution >= 4 is 17.0 Å². The van der Waals surface area contributed by atoms with Gasteiger partial charge in [0, 0.05) is 12.7 Å². The lowest BCUT2D eigenvalue weighted by Crippen LogP contribution is -2.07. The smallest absolute Gasteiger partial charge is 0.240 e. The molecule has 0 fully saturated rings. The predicted molar refractivity (Wildman–Crippen MR) is 88.5 cm³/mol. The van der Waals surface area contributed by atoms with Crippen LogP contribution in [0.3, 0.4) is 0 Å². The number of imidazole rings is 1. The fourth-order valence-corrected chi connectivity index (χ4v) is 2.39. The molecule has 2 N–H and O–H groups in total. The number of H-pyrrole nitrogens is 1. The highest BCUT2D eigenvalue weighted by atomic mass is 15.5. The monoisotopic (exact) mass is 319 g/mol. The van der Waals surface area contributed by atoms with Gasteiger partial charge in [-0.15, -0.1) is 16.8 Å². The molecule has 3 aromatic heterocycles. The summed E-state index contributed by atoms with van der Waals surface area (Å²) in [4.78, 5) is 13.4. The molecule has 9 nitrogen and oxygen atoms in total. The fourth-order valence-electron chi connectivity index (χ4n) is 2.39. The molecule has 9 heteroatoms. The van der Waals surface area contributed by atoms with Gasteiger partial charge in [-0.25, -0.2) is 9.97 Å². The number of para-hydroxylation sites is 2. The van der Waals surface area contributed by atoms with Crippen LogP contribution in [0.25, 0.3) is 28.5 Å². The van der Waals surface area contributed by atoms with Gasteiger partial charge in [0.25, 0.3) is 0 Å². The highest BCUT2D eigenvalue weighted by Gasteiger charge is 2.18. The quantitative estimate of drug-likeness (QED) is 0.537. The number of hydrogen-bond donors (Lipinski definition) is 2. The number of rotatable bonds is 5. The molecule has 0 aliphatic carbocycles. The minimum atomic E-state index is 0.394. The lowest BCUT2D eigenvalue weighted by Gasteiger charge is -2.08. The predicted octanol–water partition coefficient (Wildman–Crippen LogP) is 1.59. The lowest BCUT2D eigenvalue weighted by molar-refractivity contribution is 0.881. The van der Waals surface area contributed by atoms with Crippen LogP contribution in [0.5, 0.6) is 0 Å². The van der Waals surface area contributed by atoms with E-state index in [1.807, 2.05) is 28.8 Å². The SMILES string of the molecule is C=CCNc1nccc(-n2c(-c3nn[nH]n3)nc3ccccc32)n1. The van der Waals surface area contributed by atoms with E-state index in [2.05, 4.69) is 47.5 Å². The molecule has 4 rings (SSSR count). The molecule has 0 unspecified atom stereocenters. The number of benzene rings is 1. The first-order valence-electron chi connectivity index (χ1n) is 7.26. The molecule has 0 radical (unpaired) electrons. The zero-order valence-electron chi connectivity index (χ0n) is 12.6. The zero-order chi connectivity index (χ0) is 16.4. The van der Waals surface area contributed by atoms with Gasteiger partial charge < -0.3 is 5.32 Å². The van der Waals surface area contributed by atoms with Crippen molar-refractivity contribution in [3.63, 3.8) is 0 Å². The summed E-state index contributed by atoms with van der Waals surface area (Å²) in [5.74, 6) is 2.11. The first-order valence-corrected chi connectivity index (χ1v) is 7.26. The Bertz CT molecular complexity index is 987. The summed E-state index contributed by atoms with van der Waals surface area (Å²) in [6.07, 6.45) is 3.43. The van der Waals surface area contributed by atoms with Gasteiger partial charge in [-0.1, -0.05) is 18.2 Å². The third kappa shape index (κ3) is 2.37. The Balaban J connectivity index is 1.92. The van der Waals surface area contributed by atoms with Crippen LogP contribution in [0, 0.1) is 0 Å². The molecule has 0 saturated carbocycles. The highest BCUT2D eigenvalue weighted by molar-refractivity contribution is 5.81. The van der Waals surface area contributed by atoms with Crippen molar-refractivity contribution in [2.24, 2.45) is 0 Å². The molecular weight excluding hydrogens is 306 g/mol. The molecular formula is C15H13N9. The van der Waals surface area contributed by atoms with Crippen molar-refractivity contribution in [2.75, 3.05) is 11.9 Å². The van der Waals surface area contributed by atoms with Crippen molar-refractivity contribution in [1.82, 2.24) is 40.1 Å². The van der Waals surface area contributed by atoms with Crippen LogP contribution < -0.4 is 5.32 Å². The first kappa shape index (κ1) is 14.0. The van der Waals surface area contributed by atoms with E-state index in [4.69, 9.17) is 0 Å². The number of nitrogens with one attached hydrogen (secondary N) is 2. The first-order chi connectivity index (χ1) is 11.9. The minimum absolute atomic E-state index is 0.394. The molecule has 0 aliphatic heterocycles. The van der Waals surface area contributed by atoms with Crippen molar-refractivity contribution < 1.29 is 0 Å². The Morgan fingerprint density at radius 3 is 2.96 bits per heavy atom. The number of anilines is 1. The maximum Gasteiger partial charge on any atom is 0.240 e. The van der Waals surface area contributed by atoms with E-state index in [0.717, 1.165) is 11.0 Å². The zero-order valence-corrected chi connectivity index (χ0v) is 12.6. The minimum Gasteiger partial charge on any atom is -0.351 e. The van der Waals surface area contributed by atoms with Crippen molar-refractivity contribution in [1.29, 1.82) is 0 Å². The third-order valence-electron chi connectivity index (χ3n) is 3.38. The average Bonchev–Trinajstić information content (AvgIpc) is 3.27. The van der Waals surface area contributed by atoms with E-state index in [1.54, 1.807) is 18.3 Å². The van der Waals surface area contributed by atoms with Crippen LogP contribution in [0.2, 0.25) is 0 Å². The maximum atomic E-state index is 4.60. The second kappa shape index (κ2) is 5.88. The Kier molecular flexibility index (Phi) is 3.43. The fraction of sp³-hybridized carbons (Fsp3) is 0.0667. The van der Waals surface area contributed by atoms with Crippen LogP contribution in [-0.2, 0) is 0 Å². The molecule has 118 valence electrons. The van der Waals surface area contributed by atoms with Gasteiger partial charge in [-0.2, -0.15) is 10.2 Å². The Hall–Kier alpha value is -3.62. The summed E-state index contributed by atoms with van der Waals surface area (Å²) in [6.45, 7) is 4.25. The molecule has 0 saturated heterocycles. The molecule has 0 atom stereocenters. The summed E-state index contributed by atoms with van der Waals surface area (Å²) < 4.78 is 1.88. The van der Waals surface area contributed by atoms with Gasteiger partial charge in [0.05, 0.1) is 11.0 Å². The molecule has 0 aliphatic rings. The van der Waals surface area contributed by atoms with Gasteiger partial charge in [0.1, 0.15) is 5.82 Å². The maximum absolute atomic E-state index is 4.60. The Labute approximate surface area is 136 Å².